The van der Waals surface area contributed by atoms with E-state index in [4.69, 9.17) is 4.52 Å². The van der Waals surface area contributed by atoms with Crippen LogP contribution in [0.25, 0.3) is 0 Å². The first kappa shape index (κ1) is 10.9. The summed E-state index contributed by atoms with van der Waals surface area (Å²) in [6.45, 7) is 5.80. The van der Waals surface area contributed by atoms with Gasteiger partial charge in [-0.1, -0.05) is 34.5 Å². The lowest BCUT2D eigenvalue weighted by molar-refractivity contribution is 0.373. The van der Waals surface area contributed by atoms with Crippen molar-refractivity contribution in [2.75, 3.05) is 0 Å². The molecule has 1 N–H and O–H groups in total. The number of aryl methyl sites for hydroxylation is 2. The highest BCUT2D eigenvalue weighted by Gasteiger charge is 1.98. The van der Waals surface area contributed by atoms with Crippen LogP contribution in [0.3, 0.4) is 0 Å². The van der Waals surface area contributed by atoms with Crippen LogP contribution < -0.4 is 5.32 Å². The number of rotatable bonds is 4. The Bertz CT molecular complexity index is 429. The molecule has 3 nitrogen and oxygen atoms in total. The van der Waals surface area contributed by atoms with E-state index in [2.05, 4.69) is 42.5 Å². The first-order valence-corrected chi connectivity index (χ1v) is 5.41. The van der Waals surface area contributed by atoms with Crippen molar-refractivity contribution >= 4 is 0 Å². The zero-order valence-electron chi connectivity index (χ0n) is 9.66. The fourth-order valence-electron chi connectivity index (χ4n) is 1.83. The molecule has 3 heteroatoms. The fourth-order valence-corrected chi connectivity index (χ4v) is 1.83. The first-order valence-electron chi connectivity index (χ1n) is 5.41. The zero-order valence-corrected chi connectivity index (χ0v) is 9.66. The van der Waals surface area contributed by atoms with Crippen LogP contribution >= 0.6 is 0 Å². The Kier molecular flexibility index (Phi) is 3.37. The second-order valence-electron chi connectivity index (χ2n) is 4.08. The number of hydrogen-bond donors (Lipinski definition) is 1. The van der Waals surface area contributed by atoms with E-state index in [9.17, 15) is 0 Å². The molecule has 0 atom stereocenters. The molecule has 1 heterocycles. The normalized spacial score (nSPS) is 10.6. The summed E-state index contributed by atoms with van der Waals surface area (Å²) in [7, 11) is 0. The van der Waals surface area contributed by atoms with Gasteiger partial charge >= 0.3 is 0 Å². The number of nitrogens with zero attached hydrogens (tertiary/aromatic N) is 1. The highest BCUT2D eigenvalue weighted by Crippen LogP contribution is 2.08. The maximum absolute atomic E-state index is 5.01. The van der Waals surface area contributed by atoms with Gasteiger partial charge in [0.05, 0.1) is 12.7 Å². The summed E-state index contributed by atoms with van der Waals surface area (Å²) in [4.78, 5) is 0. The molecule has 0 saturated heterocycles. The van der Waals surface area contributed by atoms with E-state index in [1.54, 1.807) is 6.20 Å². The second-order valence-corrected chi connectivity index (χ2v) is 4.08. The molecule has 1 aromatic heterocycles. The van der Waals surface area contributed by atoms with Crippen LogP contribution in [-0.4, -0.2) is 5.16 Å². The molecule has 0 fully saturated rings. The third-order valence-corrected chi connectivity index (χ3v) is 2.40. The van der Waals surface area contributed by atoms with Gasteiger partial charge in [-0.2, -0.15) is 0 Å². The molecule has 0 saturated carbocycles. The van der Waals surface area contributed by atoms with Crippen molar-refractivity contribution in [1.29, 1.82) is 0 Å². The van der Waals surface area contributed by atoms with E-state index in [-0.39, 0.29) is 0 Å². The lowest BCUT2D eigenvalue weighted by Crippen LogP contribution is -2.12. The SMILES string of the molecule is Cc1cc(C)cc(CNCc2ccno2)c1. The van der Waals surface area contributed by atoms with Crippen molar-refractivity contribution in [2.24, 2.45) is 0 Å². The zero-order chi connectivity index (χ0) is 11.4. The number of benzene rings is 1. The molecule has 0 radical (unpaired) electrons. The first-order chi connectivity index (χ1) is 7.74. The van der Waals surface area contributed by atoms with Gasteiger partial charge in [0.25, 0.3) is 0 Å². The van der Waals surface area contributed by atoms with Gasteiger partial charge in [-0.15, -0.1) is 0 Å². The Morgan fingerprint density at radius 1 is 1.12 bits per heavy atom. The van der Waals surface area contributed by atoms with E-state index in [1.165, 1.54) is 16.7 Å². The van der Waals surface area contributed by atoms with Gasteiger partial charge in [-0.3, -0.25) is 0 Å². The topological polar surface area (TPSA) is 38.1 Å². The van der Waals surface area contributed by atoms with Crippen molar-refractivity contribution in [3.05, 3.63) is 52.9 Å². The third-order valence-electron chi connectivity index (χ3n) is 2.40. The Hall–Kier alpha value is -1.61. The Morgan fingerprint density at radius 3 is 2.50 bits per heavy atom. The van der Waals surface area contributed by atoms with Crippen LogP contribution in [0.4, 0.5) is 0 Å². The molecule has 0 amide bonds. The molecule has 0 unspecified atom stereocenters. The van der Waals surface area contributed by atoms with Crippen molar-refractivity contribution in [1.82, 2.24) is 10.5 Å². The molecular weight excluding hydrogens is 200 g/mol. The summed E-state index contributed by atoms with van der Waals surface area (Å²) in [5.74, 6) is 0.865. The predicted octanol–water partition coefficient (Wildman–Crippen LogP) is 2.58. The molecule has 84 valence electrons. The van der Waals surface area contributed by atoms with Crippen LogP contribution in [0.15, 0.2) is 35.0 Å². The summed E-state index contributed by atoms with van der Waals surface area (Å²) in [5, 5.41) is 6.99. The number of hydrogen-bond acceptors (Lipinski definition) is 3. The van der Waals surface area contributed by atoms with Gasteiger partial charge in [0.2, 0.25) is 0 Å². The van der Waals surface area contributed by atoms with Gasteiger partial charge in [0.15, 0.2) is 0 Å². The van der Waals surface area contributed by atoms with Crippen molar-refractivity contribution in [3.8, 4) is 0 Å². The maximum atomic E-state index is 5.01. The van der Waals surface area contributed by atoms with Crippen molar-refractivity contribution < 1.29 is 4.52 Å². The minimum absolute atomic E-state index is 0.715. The average molecular weight is 216 g/mol. The molecule has 2 rings (SSSR count). The van der Waals surface area contributed by atoms with Crippen LogP contribution in [-0.2, 0) is 13.1 Å². The molecule has 0 aliphatic rings. The van der Waals surface area contributed by atoms with E-state index < -0.39 is 0 Å². The maximum Gasteiger partial charge on any atom is 0.150 e. The standard InChI is InChI=1S/C13H16N2O/c1-10-5-11(2)7-12(6-10)8-14-9-13-3-4-15-16-13/h3-7,14H,8-9H2,1-2H3. The molecule has 0 bridgehead atoms. The largest absolute Gasteiger partial charge is 0.360 e. The summed E-state index contributed by atoms with van der Waals surface area (Å²) in [6, 6.07) is 8.44. The minimum Gasteiger partial charge on any atom is -0.360 e. The lowest BCUT2D eigenvalue weighted by Gasteiger charge is -2.05. The molecule has 1 aromatic carbocycles. The van der Waals surface area contributed by atoms with E-state index in [1.807, 2.05) is 6.07 Å². The summed E-state index contributed by atoms with van der Waals surface area (Å²) >= 11 is 0. The van der Waals surface area contributed by atoms with Crippen molar-refractivity contribution in [3.63, 3.8) is 0 Å². The average Bonchev–Trinajstić information content (AvgIpc) is 2.69. The Morgan fingerprint density at radius 2 is 1.88 bits per heavy atom. The molecule has 0 aliphatic carbocycles. The van der Waals surface area contributed by atoms with E-state index in [0.717, 1.165) is 12.3 Å². The van der Waals surface area contributed by atoms with E-state index in [0.29, 0.717) is 6.54 Å². The van der Waals surface area contributed by atoms with Crippen LogP contribution in [0.2, 0.25) is 0 Å². The van der Waals surface area contributed by atoms with Crippen LogP contribution in [0.1, 0.15) is 22.5 Å². The van der Waals surface area contributed by atoms with Crippen molar-refractivity contribution in [2.45, 2.75) is 26.9 Å². The molecule has 2 aromatic rings. The van der Waals surface area contributed by atoms with Crippen LogP contribution in [0, 0.1) is 13.8 Å². The van der Waals surface area contributed by atoms with Gasteiger partial charge in [-0.25, -0.2) is 0 Å². The third kappa shape index (κ3) is 2.94. The molecule has 16 heavy (non-hydrogen) atoms. The highest BCUT2D eigenvalue weighted by molar-refractivity contribution is 5.28. The number of aromatic nitrogens is 1. The fraction of sp³-hybridized carbons (Fsp3) is 0.308. The lowest BCUT2D eigenvalue weighted by atomic mass is 10.1. The van der Waals surface area contributed by atoms with Gasteiger partial charge in [-0.05, 0) is 19.4 Å². The quantitative estimate of drug-likeness (QED) is 0.853. The monoisotopic (exact) mass is 216 g/mol. The molecule has 0 aliphatic heterocycles. The molecular formula is C13H16N2O. The Labute approximate surface area is 95.5 Å². The highest BCUT2D eigenvalue weighted by atomic mass is 16.5. The van der Waals surface area contributed by atoms with E-state index >= 15 is 0 Å². The summed E-state index contributed by atoms with van der Waals surface area (Å²) < 4.78 is 5.01. The van der Waals surface area contributed by atoms with Gasteiger partial charge in [0.1, 0.15) is 5.76 Å². The van der Waals surface area contributed by atoms with Crippen LogP contribution in [0.5, 0.6) is 0 Å². The Balaban J connectivity index is 1.89. The smallest absolute Gasteiger partial charge is 0.150 e. The summed E-state index contributed by atoms with van der Waals surface area (Å²) in [5.41, 5.74) is 3.91. The number of nitrogens with one attached hydrogen (secondary N) is 1. The van der Waals surface area contributed by atoms with Gasteiger partial charge in [0, 0.05) is 12.6 Å². The predicted molar refractivity (Wildman–Crippen MR) is 63.0 cm³/mol. The summed E-state index contributed by atoms with van der Waals surface area (Å²) in [6.07, 6.45) is 1.66. The second kappa shape index (κ2) is 4.94. The van der Waals surface area contributed by atoms with Gasteiger partial charge < -0.3 is 9.84 Å². The molecule has 0 spiro atoms. The minimum atomic E-state index is 0.715.